The van der Waals surface area contributed by atoms with Crippen LogP contribution in [0.25, 0.3) is 0 Å². The van der Waals surface area contributed by atoms with Gasteiger partial charge in [-0.15, -0.1) is 0 Å². The molecule has 0 unspecified atom stereocenters. The Labute approximate surface area is 118 Å². The molecule has 0 bridgehead atoms. The molecule has 6 nitrogen and oxygen atoms in total. The lowest BCUT2D eigenvalue weighted by atomic mass is 10.1. The molecule has 1 heterocycles. The number of rotatable bonds is 7. The highest BCUT2D eigenvalue weighted by Crippen LogP contribution is 2.17. The summed E-state index contributed by atoms with van der Waals surface area (Å²) in [6.45, 7) is 6.19. The quantitative estimate of drug-likeness (QED) is 0.821. The van der Waals surface area contributed by atoms with Gasteiger partial charge >= 0.3 is 5.97 Å². The van der Waals surface area contributed by atoms with E-state index in [1.54, 1.807) is 25.3 Å². The van der Waals surface area contributed by atoms with Crippen LogP contribution in [0.1, 0.15) is 31.1 Å². The van der Waals surface area contributed by atoms with Crippen LogP contribution in [0.4, 0.5) is 0 Å². The van der Waals surface area contributed by atoms with Crippen LogP contribution in [-0.2, 0) is 4.79 Å². The SMILES string of the molecule is CCOc1ncccc1C(=O)N(CC)C[C@@H](C)C(=O)O. The van der Waals surface area contributed by atoms with E-state index in [2.05, 4.69) is 4.98 Å². The molecule has 1 N–H and O–H groups in total. The summed E-state index contributed by atoms with van der Waals surface area (Å²) in [5.74, 6) is -1.53. The van der Waals surface area contributed by atoms with E-state index in [0.29, 0.717) is 18.7 Å². The van der Waals surface area contributed by atoms with Crippen molar-refractivity contribution >= 4 is 11.9 Å². The second-order valence-electron chi connectivity index (χ2n) is 4.37. The smallest absolute Gasteiger partial charge is 0.308 e. The molecule has 6 heteroatoms. The third-order valence-corrected chi connectivity index (χ3v) is 2.87. The lowest BCUT2D eigenvalue weighted by Crippen LogP contribution is -2.37. The van der Waals surface area contributed by atoms with E-state index in [0.717, 1.165) is 0 Å². The minimum Gasteiger partial charge on any atom is -0.481 e. The van der Waals surface area contributed by atoms with Crippen molar-refractivity contribution in [2.75, 3.05) is 19.7 Å². The number of amides is 1. The molecule has 0 aromatic carbocycles. The van der Waals surface area contributed by atoms with Crippen molar-refractivity contribution in [2.45, 2.75) is 20.8 Å². The molecule has 0 aliphatic rings. The number of carboxylic acid groups (broad SMARTS) is 1. The van der Waals surface area contributed by atoms with Gasteiger partial charge in [0, 0.05) is 19.3 Å². The van der Waals surface area contributed by atoms with Crippen molar-refractivity contribution in [3.05, 3.63) is 23.9 Å². The average Bonchev–Trinajstić information content (AvgIpc) is 2.44. The monoisotopic (exact) mass is 280 g/mol. The highest BCUT2D eigenvalue weighted by molar-refractivity contribution is 5.96. The third-order valence-electron chi connectivity index (χ3n) is 2.87. The van der Waals surface area contributed by atoms with Crippen molar-refractivity contribution in [3.8, 4) is 5.88 Å². The van der Waals surface area contributed by atoms with Crippen LogP contribution in [0.2, 0.25) is 0 Å². The lowest BCUT2D eigenvalue weighted by molar-refractivity contribution is -0.141. The first-order valence-electron chi connectivity index (χ1n) is 6.61. The first kappa shape index (κ1) is 15.9. The van der Waals surface area contributed by atoms with Gasteiger partial charge in [-0.3, -0.25) is 9.59 Å². The Balaban J connectivity index is 2.93. The molecule has 110 valence electrons. The molecule has 0 saturated heterocycles. The summed E-state index contributed by atoms with van der Waals surface area (Å²) in [5.41, 5.74) is 0.355. The summed E-state index contributed by atoms with van der Waals surface area (Å²) in [5, 5.41) is 8.94. The minimum absolute atomic E-state index is 0.158. The summed E-state index contributed by atoms with van der Waals surface area (Å²) in [6.07, 6.45) is 1.55. The van der Waals surface area contributed by atoms with Gasteiger partial charge in [0.05, 0.1) is 12.5 Å². The van der Waals surface area contributed by atoms with Gasteiger partial charge < -0.3 is 14.7 Å². The average molecular weight is 280 g/mol. The zero-order valence-corrected chi connectivity index (χ0v) is 12.0. The maximum absolute atomic E-state index is 12.4. The van der Waals surface area contributed by atoms with Crippen LogP contribution < -0.4 is 4.74 Å². The largest absolute Gasteiger partial charge is 0.481 e. The van der Waals surface area contributed by atoms with E-state index in [1.807, 2.05) is 13.8 Å². The fraction of sp³-hybridized carbons (Fsp3) is 0.500. The maximum Gasteiger partial charge on any atom is 0.308 e. The number of aromatic nitrogens is 1. The van der Waals surface area contributed by atoms with Gasteiger partial charge in [0.1, 0.15) is 5.56 Å². The van der Waals surface area contributed by atoms with E-state index in [1.165, 1.54) is 4.90 Å². The number of aliphatic carboxylic acids is 1. The van der Waals surface area contributed by atoms with Crippen LogP contribution in [0.5, 0.6) is 5.88 Å². The fourth-order valence-electron chi connectivity index (χ4n) is 1.74. The predicted octanol–water partition coefficient (Wildman–Crippen LogP) is 1.66. The zero-order valence-electron chi connectivity index (χ0n) is 12.0. The van der Waals surface area contributed by atoms with E-state index >= 15 is 0 Å². The Hall–Kier alpha value is -2.11. The summed E-state index contributed by atoms with van der Waals surface area (Å²) < 4.78 is 5.33. The van der Waals surface area contributed by atoms with Crippen LogP contribution in [0.3, 0.4) is 0 Å². The van der Waals surface area contributed by atoms with E-state index in [-0.39, 0.29) is 18.3 Å². The molecule has 0 spiro atoms. The molecular weight excluding hydrogens is 260 g/mol. The van der Waals surface area contributed by atoms with Gasteiger partial charge in [0.2, 0.25) is 5.88 Å². The highest BCUT2D eigenvalue weighted by atomic mass is 16.5. The van der Waals surface area contributed by atoms with Gasteiger partial charge in [-0.25, -0.2) is 4.98 Å². The van der Waals surface area contributed by atoms with Gasteiger partial charge in [-0.1, -0.05) is 6.92 Å². The highest BCUT2D eigenvalue weighted by Gasteiger charge is 2.23. The topological polar surface area (TPSA) is 79.7 Å². The van der Waals surface area contributed by atoms with Gasteiger partial charge in [-0.2, -0.15) is 0 Å². The summed E-state index contributed by atoms with van der Waals surface area (Å²) in [7, 11) is 0. The number of nitrogens with zero attached hydrogens (tertiary/aromatic N) is 2. The zero-order chi connectivity index (χ0) is 15.1. The molecule has 1 rings (SSSR count). The molecule has 0 aliphatic carbocycles. The number of carbonyl (C=O) groups excluding carboxylic acids is 1. The Morgan fingerprint density at radius 3 is 2.70 bits per heavy atom. The van der Waals surface area contributed by atoms with Crippen LogP contribution in [0, 0.1) is 5.92 Å². The number of hydrogen-bond acceptors (Lipinski definition) is 4. The second kappa shape index (κ2) is 7.47. The minimum atomic E-state index is -0.924. The van der Waals surface area contributed by atoms with E-state index < -0.39 is 11.9 Å². The molecule has 0 aliphatic heterocycles. The van der Waals surface area contributed by atoms with Crippen molar-refractivity contribution in [2.24, 2.45) is 5.92 Å². The number of ether oxygens (including phenoxy) is 1. The third kappa shape index (κ3) is 3.94. The molecule has 1 atom stereocenters. The van der Waals surface area contributed by atoms with Crippen LogP contribution in [0.15, 0.2) is 18.3 Å². The van der Waals surface area contributed by atoms with E-state index in [9.17, 15) is 9.59 Å². The maximum atomic E-state index is 12.4. The molecule has 20 heavy (non-hydrogen) atoms. The number of carbonyl (C=O) groups is 2. The normalized spacial score (nSPS) is 11.8. The van der Waals surface area contributed by atoms with Crippen LogP contribution >= 0.6 is 0 Å². The van der Waals surface area contributed by atoms with Gasteiger partial charge in [-0.05, 0) is 26.0 Å². The van der Waals surface area contributed by atoms with Crippen molar-refractivity contribution < 1.29 is 19.4 Å². The second-order valence-corrected chi connectivity index (χ2v) is 4.37. The molecule has 0 fully saturated rings. The van der Waals surface area contributed by atoms with Crippen molar-refractivity contribution in [3.63, 3.8) is 0 Å². The molecule has 1 aromatic heterocycles. The van der Waals surface area contributed by atoms with E-state index in [4.69, 9.17) is 9.84 Å². The van der Waals surface area contributed by atoms with Crippen molar-refractivity contribution in [1.82, 2.24) is 9.88 Å². The predicted molar refractivity (Wildman–Crippen MR) is 73.8 cm³/mol. The van der Waals surface area contributed by atoms with Gasteiger partial charge in [0.15, 0.2) is 0 Å². The summed E-state index contributed by atoms with van der Waals surface area (Å²) in [4.78, 5) is 28.9. The number of carboxylic acids is 1. The Morgan fingerprint density at radius 1 is 1.45 bits per heavy atom. The Bertz CT molecular complexity index is 476. The van der Waals surface area contributed by atoms with Crippen LogP contribution in [-0.4, -0.2) is 46.6 Å². The summed E-state index contributed by atoms with van der Waals surface area (Å²) >= 11 is 0. The Morgan fingerprint density at radius 2 is 2.15 bits per heavy atom. The first-order chi connectivity index (χ1) is 9.51. The Kier molecular flexibility index (Phi) is 5.96. The number of hydrogen-bond donors (Lipinski definition) is 1. The fourth-order valence-corrected chi connectivity index (χ4v) is 1.74. The molecular formula is C14H20N2O4. The lowest BCUT2D eigenvalue weighted by Gasteiger charge is -2.23. The standard InChI is InChI=1S/C14H20N2O4/c1-4-16(9-10(3)14(18)19)13(17)11-7-6-8-15-12(11)20-5-2/h6-8,10H,4-5,9H2,1-3H3,(H,18,19)/t10-/m1/s1. The first-order valence-corrected chi connectivity index (χ1v) is 6.61. The molecule has 0 radical (unpaired) electrons. The van der Waals surface area contributed by atoms with Crippen molar-refractivity contribution in [1.29, 1.82) is 0 Å². The molecule has 1 aromatic rings. The molecule has 1 amide bonds. The summed E-state index contributed by atoms with van der Waals surface area (Å²) in [6, 6.07) is 3.29. The number of pyridine rings is 1. The van der Waals surface area contributed by atoms with Gasteiger partial charge in [0.25, 0.3) is 5.91 Å². The molecule has 0 saturated carbocycles.